The predicted molar refractivity (Wildman–Crippen MR) is 104 cm³/mol. The van der Waals surface area contributed by atoms with Crippen molar-refractivity contribution in [2.24, 2.45) is 0 Å². The van der Waals surface area contributed by atoms with E-state index >= 15 is 0 Å². The molecule has 0 saturated carbocycles. The van der Waals surface area contributed by atoms with Crippen LogP contribution in [0.5, 0.6) is 5.75 Å². The number of carbonyl (C=O) groups excluding carboxylic acids is 1. The molecule has 0 aliphatic heterocycles. The number of hydrogen-bond donors (Lipinski definition) is 2. The molecule has 5 nitrogen and oxygen atoms in total. The van der Waals surface area contributed by atoms with Crippen molar-refractivity contribution in [3.05, 3.63) is 68.7 Å². The van der Waals surface area contributed by atoms with Crippen LogP contribution in [-0.4, -0.2) is 24.5 Å². The van der Waals surface area contributed by atoms with Gasteiger partial charge in [0, 0.05) is 17.1 Å². The molecule has 27 heavy (non-hydrogen) atoms. The van der Waals surface area contributed by atoms with E-state index in [9.17, 15) is 14.0 Å². The molecule has 1 aromatic carbocycles. The average molecular weight is 388 g/mol. The van der Waals surface area contributed by atoms with Crippen LogP contribution in [0.4, 0.5) is 4.39 Å². The molecule has 2 aromatic rings. The van der Waals surface area contributed by atoms with Gasteiger partial charge in [0.25, 0.3) is 11.5 Å². The number of halogens is 1. The summed E-state index contributed by atoms with van der Waals surface area (Å²) in [5.74, 6) is -0.614. The van der Waals surface area contributed by atoms with Crippen LogP contribution in [0.1, 0.15) is 34.5 Å². The molecule has 0 spiro atoms. The summed E-state index contributed by atoms with van der Waals surface area (Å²) in [6, 6.07) is 6.41. The maximum atomic E-state index is 13.6. The summed E-state index contributed by atoms with van der Waals surface area (Å²) in [7, 11) is 1.42. The van der Waals surface area contributed by atoms with E-state index in [0.717, 1.165) is 41.8 Å². The number of fused-ring (bicyclic) bond motifs is 1. The lowest BCUT2D eigenvalue weighted by Crippen LogP contribution is -2.31. The van der Waals surface area contributed by atoms with Gasteiger partial charge in [-0.1, -0.05) is 17.8 Å². The lowest BCUT2D eigenvalue weighted by atomic mass is 9.95. The van der Waals surface area contributed by atoms with E-state index in [4.69, 9.17) is 4.74 Å². The zero-order valence-corrected chi connectivity index (χ0v) is 15.8. The van der Waals surface area contributed by atoms with Crippen molar-refractivity contribution in [2.45, 2.75) is 30.6 Å². The topological polar surface area (TPSA) is 71.2 Å². The van der Waals surface area contributed by atoms with Crippen LogP contribution in [0.2, 0.25) is 0 Å². The fourth-order valence-electron chi connectivity index (χ4n) is 2.99. The standard InChI is InChI=1S/C20H21FN2O3S/c1-26-18-8-7-14(12-16(18)21)27-10-4-9-22-19(24)15-11-13-5-2-3-6-17(13)23-20(15)25/h4,7-8,10-12H,2-3,5-6,9H2,1H3,(H,22,24)(H,23,25)/b10-4+. The average Bonchev–Trinajstić information content (AvgIpc) is 2.67. The largest absolute Gasteiger partial charge is 0.494 e. The van der Waals surface area contributed by atoms with Gasteiger partial charge in [-0.2, -0.15) is 0 Å². The minimum absolute atomic E-state index is 0.147. The highest BCUT2D eigenvalue weighted by atomic mass is 32.2. The number of pyridine rings is 1. The maximum Gasteiger partial charge on any atom is 0.261 e. The first kappa shape index (κ1) is 19.2. The number of aromatic amines is 1. The number of ether oxygens (including phenoxy) is 1. The van der Waals surface area contributed by atoms with Crippen LogP contribution in [-0.2, 0) is 12.8 Å². The molecule has 0 saturated heterocycles. The molecule has 1 aliphatic carbocycles. The highest BCUT2D eigenvalue weighted by Gasteiger charge is 2.16. The lowest BCUT2D eigenvalue weighted by Gasteiger charge is -2.15. The van der Waals surface area contributed by atoms with Crippen molar-refractivity contribution < 1.29 is 13.9 Å². The highest BCUT2D eigenvalue weighted by molar-refractivity contribution is 8.02. The van der Waals surface area contributed by atoms with Crippen molar-refractivity contribution in [3.63, 3.8) is 0 Å². The number of amides is 1. The molecule has 7 heteroatoms. The summed E-state index contributed by atoms with van der Waals surface area (Å²) < 4.78 is 18.5. The molecule has 1 aromatic heterocycles. The Hall–Kier alpha value is -2.54. The third kappa shape index (κ3) is 4.80. The van der Waals surface area contributed by atoms with Gasteiger partial charge < -0.3 is 15.0 Å². The zero-order valence-electron chi connectivity index (χ0n) is 15.0. The summed E-state index contributed by atoms with van der Waals surface area (Å²) in [5, 5.41) is 4.47. The first-order valence-corrected chi connectivity index (χ1v) is 9.65. The van der Waals surface area contributed by atoms with E-state index in [1.54, 1.807) is 29.7 Å². The van der Waals surface area contributed by atoms with E-state index in [1.807, 2.05) is 0 Å². The predicted octanol–water partition coefficient (Wildman–Crippen LogP) is 3.44. The van der Waals surface area contributed by atoms with Gasteiger partial charge in [0.15, 0.2) is 11.6 Å². The van der Waals surface area contributed by atoms with Gasteiger partial charge in [-0.25, -0.2) is 4.39 Å². The Labute approximate surface area is 161 Å². The Bertz CT molecular complexity index is 924. The van der Waals surface area contributed by atoms with Gasteiger partial charge >= 0.3 is 0 Å². The number of benzene rings is 1. The first-order chi connectivity index (χ1) is 13.1. The summed E-state index contributed by atoms with van der Waals surface area (Å²) >= 11 is 1.33. The Morgan fingerprint density at radius 2 is 2.15 bits per heavy atom. The Morgan fingerprint density at radius 1 is 1.33 bits per heavy atom. The molecule has 1 amide bonds. The lowest BCUT2D eigenvalue weighted by molar-refractivity contribution is 0.0956. The zero-order chi connectivity index (χ0) is 19.2. The monoisotopic (exact) mass is 388 g/mol. The molecule has 2 N–H and O–H groups in total. The van der Waals surface area contributed by atoms with Crippen LogP contribution < -0.4 is 15.6 Å². The van der Waals surface area contributed by atoms with Gasteiger partial charge in [-0.05, 0) is 60.9 Å². The second-order valence-corrected chi connectivity index (χ2v) is 7.20. The number of hydrogen-bond acceptors (Lipinski definition) is 4. The summed E-state index contributed by atoms with van der Waals surface area (Å²) in [5.41, 5.74) is 1.80. The Kier molecular flexibility index (Phi) is 6.34. The first-order valence-electron chi connectivity index (χ1n) is 8.77. The van der Waals surface area contributed by atoms with Crippen molar-refractivity contribution in [3.8, 4) is 5.75 Å². The van der Waals surface area contributed by atoms with Crippen molar-refractivity contribution in [2.75, 3.05) is 13.7 Å². The van der Waals surface area contributed by atoms with Gasteiger partial charge in [-0.15, -0.1) is 0 Å². The molecule has 1 heterocycles. The number of aromatic nitrogens is 1. The normalized spacial score (nSPS) is 13.4. The summed E-state index contributed by atoms with van der Waals surface area (Å²) in [4.78, 5) is 27.9. The van der Waals surface area contributed by atoms with Gasteiger partial charge in [0.2, 0.25) is 0 Å². The second-order valence-electron chi connectivity index (χ2n) is 6.22. The third-order valence-electron chi connectivity index (χ3n) is 4.39. The molecule has 0 unspecified atom stereocenters. The minimum Gasteiger partial charge on any atom is -0.494 e. The number of aryl methyl sites for hydroxylation is 2. The van der Waals surface area contributed by atoms with E-state index in [-0.39, 0.29) is 23.4 Å². The van der Waals surface area contributed by atoms with Crippen LogP contribution in [0.3, 0.4) is 0 Å². The number of nitrogens with one attached hydrogen (secondary N) is 2. The molecule has 0 atom stereocenters. The van der Waals surface area contributed by atoms with Crippen LogP contribution in [0.25, 0.3) is 0 Å². The van der Waals surface area contributed by atoms with E-state index in [1.165, 1.54) is 24.9 Å². The molecule has 3 rings (SSSR count). The maximum absolute atomic E-state index is 13.6. The summed E-state index contributed by atoms with van der Waals surface area (Å²) in [6.07, 6.45) is 5.64. The number of rotatable bonds is 6. The van der Waals surface area contributed by atoms with Gasteiger partial charge in [0.1, 0.15) is 5.56 Å². The number of thioether (sulfide) groups is 1. The van der Waals surface area contributed by atoms with Gasteiger partial charge in [-0.3, -0.25) is 9.59 Å². The molecule has 0 fully saturated rings. The molecular weight excluding hydrogens is 367 g/mol. The van der Waals surface area contributed by atoms with E-state index in [0.29, 0.717) is 0 Å². The van der Waals surface area contributed by atoms with Gasteiger partial charge in [0.05, 0.1) is 7.11 Å². The highest BCUT2D eigenvalue weighted by Crippen LogP contribution is 2.25. The SMILES string of the molecule is COc1ccc(S/C=C/CNC(=O)c2cc3c([nH]c2=O)CCCC3)cc1F. The fourth-order valence-corrected chi connectivity index (χ4v) is 3.65. The molecular formula is C20H21FN2O3S. The summed E-state index contributed by atoms with van der Waals surface area (Å²) in [6.45, 7) is 0.279. The number of carbonyl (C=O) groups is 1. The van der Waals surface area contributed by atoms with Crippen LogP contribution in [0.15, 0.2) is 45.4 Å². The van der Waals surface area contributed by atoms with Crippen molar-refractivity contribution in [1.82, 2.24) is 10.3 Å². The Morgan fingerprint density at radius 3 is 2.93 bits per heavy atom. The van der Waals surface area contributed by atoms with Crippen molar-refractivity contribution >= 4 is 17.7 Å². The van der Waals surface area contributed by atoms with E-state index < -0.39 is 11.7 Å². The molecule has 0 bridgehead atoms. The van der Waals surface area contributed by atoms with Crippen LogP contribution in [0, 0.1) is 5.82 Å². The van der Waals surface area contributed by atoms with Crippen molar-refractivity contribution in [1.29, 1.82) is 0 Å². The molecule has 142 valence electrons. The third-order valence-corrected chi connectivity index (χ3v) is 5.24. The number of methoxy groups -OCH3 is 1. The van der Waals surface area contributed by atoms with Crippen LogP contribution >= 0.6 is 11.8 Å². The van der Waals surface area contributed by atoms with E-state index in [2.05, 4.69) is 10.3 Å². The second kappa shape index (κ2) is 8.90. The minimum atomic E-state index is -0.421. The quantitative estimate of drug-likeness (QED) is 0.744. The number of H-pyrrole nitrogens is 1. The molecule has 0 radical (unpaired) electrons. The fraction of sp³-hybridized carbons (Fsp3) is 0.300. The Balaban J connectivity index is 1.54. The molecule has 1 aliphatic rings. The smallest absolute Gasteiger partial charge is 0.261 e.